The first-order valence-corrected chi connectivity index (χ1v) is 8.71. The van der Waals surface area contributed by atoms with Gasteiger partial charge in [-0.25, -0.2) is 14.6 Å². The van der Waals surface area contributed by atoms with Crippen molar-refractivity contribution < 1.29 is 9.53 Å². The summed E-state index contributed by atoms with van der Waals surface area (Å²) in [7, 11) is 2.05. The van der Waals surface area contributed by atoms with E-state index in [1.54, 1.807) is 23.4 Å². The summed E-state index contributed by atoms with van der Waals surface area (Å²) < 4.78 is 7.44. The van der Waals surface area contributed by atoms with Crippen molar-refractivity contribution in [3.8, 4) is 5.88 Å². The molecule has 132 valence electrons. The number of nitrogens with zero attached hydrogens (tertiary/aromatic N) is 6. The van der Waals surface area contributed by atoms with Crippen LogP contribution in [-0.2, 0) is 6.54 Å². The molecule has 4 rings (SSSR count). The van der Waals surface area contributed by atoms with Gasteiger partial charge in [0.25, 0.3) is 5.91 Å². The van der Waals surface area contributed by atoms with E-state index in [0.29, 0.717) is 24.1 Å². The molecule has 0 radical (unpaired) electrons. The highest BCUT2D eigenvalue weighted by molar-refractivity contribution is 5.96. The number of carbonyl (C=O) groups excluding carboxylic acids is 1. The molecule has 0 N–H and O–H groups in total. The number of aromatic nitrogens is 4. The van der Waals surface area contributed by atoms with Gasteiger partial charge in [-0.15, -0.1) is 0 Å². The number of ether oxygens (including phenoxy) is 1. The Morgan fingerprint density at radius 1 is 1.32 bits per heavy atom. The number of hydrogen-bond donors (Lipinski definition) is 0. The molecule has 1 saturated heterocycles. The summed E-state index contributed by atoms with van der Waals surface area (Å²) in [6.07, 6.45) is 7.72. The molecule has 0 atom stereocenters. The monoisotopic (exact) mass is 342 g/mol. The van der Waals surface area contributed by atoms with Crippen LogP contribution in [0.2, 0.25) is 0 Å². The highest BCUT2D eigenvalue weighted by atomic mass is 16.5. The molecule has 0 saturated carbocycles. The summed E-state index contributed by atoms with van der Waals surface area (Å²) in [5, 5.41) is 4.28. The van der Waals surface area contributed by atoms with Gasteiger partial charge >= 0.3 is 0 Å². The molecule has 0 bridgehead atoms. The molecule has 0 aromatic carbocycles. The number of amides is 1. The number of likely N-dealkylation sites (tertiary alicyclic amines) is 1. The number of rotatable bonds is 3. The molecule has 8 heteroatoms. The number of carbonyl (C=O) groups is 1. The quantitative estimate of drug-likeness (QED) is 0.834. The predicted octanol–water partition coefficient (Wildman–Crippen LogP) is 1.20. The Balaban J connectivity index is 1.40. The second kappa shape index (κ2) is 6.70. The molecule has 0 spiro atoms. The Hall–Kier alpha value is -2.64. The van der Waals surface area contributed by atoms with Crippen LogP contribution in [0.15, 0.2) is 24.8 Å². The van der Waals surface area contributed by atoms with E-state index in [-0.39, 0.29) is 5.91 Å². The molecule has 8 nitrogen and oxygen atoms in total. The van der Waals surface area contributed by atoms with Crippen LogP contribution in [0.4, 0.5) is 5.82 Å². The lowest BCUT2D eigenvalue weighted by atomic mass is 10.0. The van der Waals surface area contributed by atoms with Crippen molar-refractivity contribution in [1.82, 2.24) is 24.6 Å². The molecule has 0 aliphatic carbocycles. The zero-order valence-corrected chi connectivity index (χ0v) is 14.3. The van der Waals surface area contributed by atoms with E-state index in [2.05, 4.69) is 20.0 Å². The van der Waals surface area contributed by atoms with E-state index >= 15 is 0 Å². The fraction of sp³-hybridized carbons (Fsp3) is 0.529. The normalized spacial score (nSPS) is 17.7. The third kappa shape index (κ3) is 3.04. The van der Waals surface area contributed by atoms with Crippen molar-refractivity contribution in [1.29, 1.82) is 0 Å². The van der Waals surface area contributed by atoms with Gasteiger partial charge in [-0.05, 0) is 18.9 Å². The molecule has 4 heterocycles. The van der Waals surface area contributed by atoms with Gasteiger partial charge in [0.1, 0.15) is 17.7 Å². The smallest absolute Gasteiger partial charge is 0.260 e. The minimum atomic E-state index is 0.0197. The van der Waals surface area contributed by atoms with Gasteiger partial charge in [0.2, 0.25) is 5.88 Å². The van der Waals surface area contributed by atoms with Crippen molar-refractivity contribution >= 4 is 11.7 Å². The summed E-state index contributed by atoms with van der Waals surface area (Å²) >= 11 is 0. The fourth-order valence-corrected chi connectivity index (χ4v) is 3.52. The first kappa shape index (κ1) is 15.9. The maximum Gasteiger partial charge on any atom is 0.260 e. The van der Waals surface area contributed by atoms with Gasteiger partial charge in [0.15, 0.2) is 0 Å². The van der Waals surface area contributed by atoms with Crippen molar-refractivity contribution in [2.45, 2.75) is 31.8 Å². The van der Waals surface area contributed by atoms with E-state index in [4.69, 9.17) is 4.74 Å². The number of piperidine rings is 1. The molecule has 2 aliphatic rings. The van der Waals surface area contributed by atoms with Crippen LogP contribution in [0.25, 0.3) is 0 Å². The molecule has 2 aliphatic heterocycles. The standard InChI is InChI=1S/C17H22N6O2/c1-21(15-3-6-18-12-19-15)13-4-8-22(9-5-13)16(24)14-11-20-23-7-2-10-25-17(14)23/h3,6,11-13H,2,4-5,7-10H2,1H3. The van der Waals surface area contributed by atoms with E-state index < -0.39 is 0 Å². The van der Waals surface area contributed by atoms with E-state index in [0.717, 1.165) is 44.7 Å². The molecule has 2 aromatic rings. The average molecular weight is 342 g/mol. The van der Waals surface area contributed by atoms with Gasteiger partial charge in [0.05, 0.1) is 12.8 Å². The average Bonchev–Trinajstić information content (AvgIpc) is 3.12. The molecule has 0 unspecified atom stereocenters. The van der Waals surface area contributed by atoms with Crippen molar-refractivity contribution in [2.75, 3.05) is 31.6 Å². The molecule has 1 amide bonds. The minimum absolute atomic E-state index is 0.0197. The second-order valence-corrected chi connectivity index (χ2v) is 6.49. The largest absolute Gasteiger partial charge is 0.477 e. The third-order valence-electron chi connectivity index (χ3n) is 5.00. The third-order valence-corrected chi connectivity index (χ3v) is 5.00. The van der Waals surface area contributed by atoms with Crippen molar-refractivity contribution in [2.24, 2.45) is 0 Å². The van der Waals surface area contributed by atoms with Crippen LogP contribution in [0.5, 0.6) is 5.88 Å². The van der Waals surface area contributed by atoms with Gasteiger partial charge in [-0.1, -0.05) is 0 Å². The Morgan fingerprint density at radius 3 is 2.92 bits per heavy atom. The lowest BCUT2D eigenvalue weighted by molar-refractivity contribution is 0.0706. The van der Waals surface area contributed by atoms with Crippen LogP contribution in [0.3, 0.4) is 0 Å². The summed E-state index contributed by atoms with van der Waals surface area (Å²) in [6.45, 7) is 2.92. The molecular weight excluding hydrogens is 320 g/mol. The first-order valence-electron chi connectivity index (χ1n) is 8.71. The topological polar surface area (TPSA) is 76.4 Å². The SMILES string of the molecule is CN(c1ccncn1)C1CCN(C(=O)c2cnn3c2OCCC3)CC1. The van der Waals surface area contributed by atoms with Gasteiger partial charge < -0.3 is 14.5 Å². The molecule has 1 fully saturated rings. The maximum absolute atomic E-state index is 12.8. The first-order chi connectivity index (χ1) is 12.2. The highest BCUT2D eigenvalue weighted by Gasteiger charge is 2.30. The van der Waals surface area contributed by atoms with Crippen LogP contribution >= 0.6 is 0 Å². The lowest BCUT2D eigenvalue weighted by Gasteiger charge is -2.37. The maximum atomic E-state index is 12.8. The number of aryl methyl sites for hydroxylation is 1. The zero-order chi connectivity index (χ0) is 17.2. The predicted molar refractivity (Wildman–Crippen MR) is 91.7 cm³/mol. The summed E-state index contributed by atoms with van der Waals surface area (Å²) in [6, 6.07) is 2.28. The summed E-state index contributed by atoms with van der Waals surface area (Å²) in [4.78, 5) is 25.2. The number of hydrogen-bond acceptors (Lipinski definition) is 6. The van der Waals surface area contributed by atoms with Crippen LogP contribution in [0, 0.1) is 0 Å². The van der Waals surface area contributed by atoms with Crippen molar-refractivity contribution in [3.05, 3.63) is 30.4 Å². The Bertz CT molecular complexity index is 739. The fourth-order valence-electron chi connectivity index (χ4n) is 3.52. The van der Waals surface area contributed by atoms with Gasteiger partial charge in [-0.3, -0.25) is 4.79 Å². The molecule has 2 aromatic heterocycles. The summed E-state index contributed by atoms with van der Waals surface area (Å²) in [5.41, 5.74) is 0.585. The highest BCUT2D eigenvalue weighted by Crippen LogP contribution is 2.26. The Morgan fingerprint density at radius 2 is 2.16 bits per heavy atom. The molecular formula is C17H22N6O2. The van der Waals surface area contributed by atoms with Gasteiger partial charge in [-0.2, -0.15) is 5.10 Å². The van der Waals surface area contributed by atoms with Crippen molar-refractivity contribution in [3.63, 3.8) is 0 Å². The van der Waals surface area contributed by atoms with E-state index in [1.165, 1.54) is 0 Å². The zero-order valence-electron chi connectivity index (χ0n) is 14.3. The second-order valence-electron chi connectivity index (χ2n) is 6.49. The van der Waals surface area contributed by atoms with E-state index in [9.17, 15) is 4.79 Å². The van der Waals surface area contributed by atoms with Crippen LogP contribution in [0.1, 0.15) is 29.6 Å². The number of anilines is 1. The van der Waals surface area contributed by atoms with E-state index in [1.807, 2.05) is 18.0 Å². The van der Waals surface area contributed by atoms with Crippen LogP contribution < -0.4 is 9.64 Å². The number of fused-ring (bicyclic) bond motifs is 1. The minimum Gasteiger partial charge on any atom is -0.477 e. The Labute approximate surface area is 146 Å². The Kier molecular flexibility index (Phi) is 4.25. The van der Waals surface area contributed by atoms with Gasteiger partial charge in [0, 0.05) is 45.3 Å². The lowest BCUT2D eigenvalue weighted by Crippen LogP contribution is -2.46. The van der Waals surface area contributed by atoms with Crippen LogP contribution in [-0.4, -0.2) is 63.3 Å². The summed E-state index contributed by atoms with van der Waals surface area (Å²) in [5.74, 6) is 1.56. The molecule has 25 heavy (non-hydrogen) atoms.